The van der Waals surface area contributed by atoms with Crippen LogP contribution in [0.3, 0.4) is 0 Å². The highest BCUT2D eigenvalue weighted by atomic mass is 79.9. The van der Waals surface area contributed by atoms with Gasteiger partial charge in [-0.05, 0) is 12.1 Å². The minimum atomic E-state index is -0.409. The smallest absolute Gasteiger partial charge is 0.140 e. The van der Waals surface area contributed by atoms with Crippen molar-refractivity contribution in [1.82, 2.24) is 0 Å². The highest BCUT2D eigenvalue weighted by molar-refractivity contribution is 9.10. The molecule has 0 aliphatic rings. The number of rotatable bonds is 2. The van der Waals surface area contributed by atoms with Crippen LogP contribution in [0.25, 0.3) is 0 Å². The van der Waals surface area contributed by atoms with Gasteiger partial charge in [-0.25, -0.2) is 0 Å². The van der Waals surface area contributed by atoms with Crippen molar-refractivity contribution >= 4 is 39.9 Å². The molecule has 0 radical (unpaired) electrons. The van der Waals surface area contributed by atoms with Crippen molar-refractivity contribution < 1.29 is 5.11 Å². The molecule has 0 aliphatic heterocycles. The number of hydrogen-bond acceptors (Lipinski definition) is 3. The van der Waals surface area contributed by atoms with Crippen molar-refractivity contribution in [1.29, 1.82) is 0 Å². The lowest BCUT2D eigenvalue weighted by molar-refractivity contribution is 0.461. The van der Waals surface area contributed by atoms with E-state index in [0.717, 1.165) is 0 Å². The second kappa shape index (κ2) is 5.78. The molecule has 14 heavy (non-hydrogen) atoms. The Hall–Kier alpha value is -0.000000000000000111. The van der Waals surface area contributed by atoms with Gasteiger partial charge in [0.1, 0.15) is 5.75 Å². The molecule has 1 atom stereocenters. The Kier molecular flexibility index (Phi) is 5.78. The highest BCUT2D eigenvalue weighted by Crippen LogP contribution is 2.35. The van der Waals surface area contributed by atoms with Gasteiger partial charge < -0.3 is 16.6 Å². The van der Waals surface area contributed by atoms with Gasteiger partial charge >= 0.3 is 0 Å². The molecule has 0 aliphatic carbocycles. The first-order valence-corrected chi connectivity index (χ1v) is 4.87. The molecule has 0 fully saturated rings. The van der Waals surface area contributed by atoms with Crippen LogP contribution >= 0.6 is 39.9 Å². The summed E-state index contributed by atoms with van der Waals surface area (Å²) in [7, 11) is 0. The second-order valence-electron chi connectivity index (χ2n) is 2.63. The van der Waals surface area contributed by atoms with E-state index in [9.17, 15) is 5.11 Å². The zero-order valence-corrected chi connectivity index (χ0v) is 10.4. The van der Waals surface area contributed by atoms with Gasteiger partial charge in [-0.1, -0.05) is 27.5 Å². The average molecular weight is 302 g/mol. The van der Waals surface area contributed by atoms with Gasteiger partial charge in [-0.15, -0.1) is 12.4 Å². The third kappa shape index (κ3) is 2.74. The molecule has 1 aromatic carbocycles. The quantitative estimate of drug-likeness (QED) is 0.784. The molecule has 0 bridgehead atoms. The molecule has 5 N–H and O–H groups in total. The van der Waals surface area contributed by atoms with Crippen LogP contribution in [0.15, 0.2) is 16.6 Å². The van der Waals surface area contributed by atoms with Gasteiger partial charge in [-0.2, -0.15) is 0 Å². The van der Waals surface area contributed by atoms with E-state index in [0.29, 0.717) is 10.0 Å². The second-order valence-corrected chi connectivity index (χ2v) is 3.90. The fourth-order valence-corrected chi connectivity index (χ4v) is 1.81. The van der Waals surface area contributed by atoms with E-state index >= 15 is 0 Å². The Bertz CT molecular complexity index is 322. The van der Waals surface area contributed by atoms with Gasteiger partial charge in [-0.3, -0.25) is 0 Å². The summed E-state index contributed by atoms with van der Waals surface area (Å²) in [5.74, 6) is -0.00556. The Labute approximate surface area is 102 Å². The summed E-state index contributed by atoms with van der Waals surface area (Å²) in [6, 6.07) is 2.91. The molecule has 1 rings (SSSR count). The Morgan fingerprint density at radius 1 is 1.50 bits per heavy atom. The fourth-order valence-electron chi connectivity index (χ4n) is 1.03. The lowest BCUT2D eigenvalue weighted by atomic mass is 10.1. The molecule has 0 saturated heterocycles. The number of hydrogen-bond donors (Lipinski definition) is 3. The number of benzene rings is 1. The first-order chi connectivity index (χ1) is 6.07. The van der Waals surface area contributed by atoms with Gasteiger partial charge in [0.05, 0.1) is 5.02 Å². The average Bonchev–Trinajstić information content (AvgIpc) is 2.12. The van der Waals surface area contributed by atoms with E-state index in [4.69, 9.17) is 23.1 Å². The van der Waals surface area contributed by atoms with E-state index in [-0.39, 0.29) is 29.7 Å². The molecule has 6 heteroatoms. The minimum absolute atomic E-state index is 0. The molecular formula is C8H11BrCl2N2O. The molecule has 0 aromatic heterocycles. The van der Waals surface area contributed by atoms with Crippen LogP contribution in [0.4, 0.5) is 0 Å². The van der Waals surface area contributed by atoms with E-state index in [1.165, 1.54) is 0 Å². The van der Waals surface area contributed by atoms with E-state index in [1.54, 1.807) is 12.1 Å². The summed E-state index contributed by atoms with van der Waals surface area (Å²) in [6.07, 6.45) is 0. The molecule has 1 aromatic rings. The number of nitrogens with two attached hydrogens (primary N) is 2. The standard InChI is InChI=1S/C8H10BrClN2O.ClH/c9-4-1-2-5(10)8(13)7(4)6(12)3-11;/h1-2,6,13H,3,11-12H2;1H/t6-;/m0./s1. The van der Waals surface area contributed by atoms with E-state index in [1.807, 2.05) is 0 Å². The molecule has 3 nitrogen and oxygen atoms in total. The zero-order valence-electron chi connectivity index (χ0n) is 7.21. The van der Waals surface area contributed by atoms with E-state index in [2.05, 4.69) is 15.9 Å². The van der Waals surface area contributed by atoms with Crippen LogP contribution < -0.4 is 11.5 Å². The number of aromatic hydroxyl groups is 1. The summed E-state index contributed by atoms with van der Waals surface area (Å²) in [5.41, 5.74) is 11.6. The van der Waals surface area contributed by atoms with Gasteiger partial charge in [0.2, 0.25) is 0 Å². The summed E-state index contributed by atoms with van der Waals surface area (Å²) in [5, 5.41) is 9.86. The predicted octanol–water partition coefficient (Wildman–Crippen LogP) is 2.19. The predicted molar refractivity (Wildman–Crippen MR) is 64.0 cm³/mol. The van der Waals surface area contributed by atoms with Gasteiger partial charge in [0, 0.05) is 22.6 Å². The van der Waals surface area contributed by atoms with Crippen molar-refractivity contribution in [3.63, 3.8) is 0 Å². The molecule has 0 spiro atoms. The maximum Gasteiger partial charge on any atom is 0.140 e. The third-order valence-corrected chi connectivity index (χ3v) is 2.74. The Morgan fingerprint density at radius 3 is 2.57 bits per heavy atom. The lowest BCUT2D eigenvalue weighted by Gasteiger charge is -2.14. The van der Waals surface area contributed by atoms with Crippen LogP contribution in [-0.4, -0.2) is 11.7 Å². The normalized spacial score (nSPS) is 12.0. The van der Waals surface area contributed by atoms with Crippen molar-refractivity contribution in [2.75, 3.05) is 6.54 Å². The summed E-state index contributed by atoms with van der Waals surface area (Å²) in [4.78, 5) is 0. The number of phenolic OH excluding ortho intramolecular Hbond substituents is 1. The minimum Gasteiger partial charge on any atom is -0.506 e. The van der Waals surface area contributed by atoms with Gasteiger partial charge in [0.25, 0.3) is 0 Å². The molecule has 0 saturated carbocycles. The van der Waals surface area contributed by atoms with Crippen molar-refractivity contribution in [2.24, 2.45) is 11.5 Å². The molecule has 0 amide bonds. The number of phenols is 1. The number of halogens is 3. The maximum atomic E-state index is 9.58. The summed E-state index contributed by atoms with van der Waals surface area (Å²) < 4.78 is 0.715. The molecule has 0 heterocycles. The Balaban J connectivity index is 0.00000169. The van der Waals surface area contributed by atoms with Gasteiger partial charge in [0.15, 0.2) is 0 Å². The topological polar surface area (TPSA) is 72.3 Å². The summed E-state index contributed by atoms with van der Waals surface area (Å²) in [6.45, 7) is 0.256. The van der Waals surface area contributed by atoms with Crippen LogP contribution in [0.2, 0.25) is 5.02 Å². The first-order valence-electron chi connectivity index (χ1n) is 3.70. The molecule has 80 valence electrons. The van der Waals surface area contributed by atoms with Crippen LogP contribution in [0.5, 0.6) is 5.75 Å². The SMILES string of the molecule is Cl.NC[C@H](N)c1c(Br)ccc(Cl)c1O. The van der Waals surface area contributed by atoms with Crippen LogP contribution in [0.1, 0.15) is 11.6 Å². The van der Waals surface area contributed by atoms with Crippen LogP contribution in [0, 0.1) is 0 Å². The maximum absolute atomic E-state index is 9.58. The largest absolute Gasteiger partial charge is 0.506 e. The van der Waals surface area contributed by atoms with Crippen LogP contribution in [-0.2, 0) is 0 Å². The third-order valence-electron chi connectivity index (χ3n) is 1.74. The lowest BCUT2D eigenvalue weighted by Crippen LogP contribution is -2.21. The monoisotopic (exact) mass is 300 g/mol. The zero-order chi connectivity index (χ0) is 10.0. The fraction of sp³-hybridized carbons (Fsp3) is 0.250. The van der Waals surface area contributed by atoms with Crippen molar-refractivity contribution in [3.8, 4) is 5.75 Å². The first kappa shape index (κ1) is 14.0. The molecule has 0 unspecified atom stereocenters. The highest BCUT2D eigenvalue weighted by Gasteiger charge is 2.15. The molecular weight excluding hydrogens is 291 g/mol. The van der Waals surface area contributed by atoms with E-state index < -0.39 is 6.04 Å². The van der Waals surface area contributed by atoms with Crippen molar-refractivity contribution in [2.45, 2.75) is 6.04 Å². The van der Waals surface area contributed by atoms with Crippen molar-refractivity contribution in [3.05, 3.63) is 27.2 Å². The Morgan fingerprint density at radius 2 is 2.07 bits per heavy atom. The summed E-state index contributed by atoms with van der Waals surface area (Å²) >= 11 is 8.99.